The van der Waals surface area contributed by atoms with Crippen LogP contribution in [0.4, 0.5) is 13.2 Å². The second-order valence-electron chi connectivity index (χ2n) is 3.23. The molecule has 0 spiro atoms. The molecule has 2 atom stereocenters. The maximum Gasteiger partial charge on any atom is 0.415 e. The summed E-state index contributed by atoms with van der Waals surface area (Å²) in [6.45, 7) is 0.496. The molecule has 0 aliphatic carbocycles. The van der Waals surface area contributed by atoms with Gasteiger partial charge in [-0.25, -0.2) is 0 Å². The van der Waals surface area contributed by atoms with Crippen LogP contribution in [0.1, 0.15) is 6.92 Å². The Kier molecular flexibility index (Phi) is 4.72. The Morgan fingerprint density at radius 2 is 1.93 bits per heavy atom. The molecule has 0 bridgehead atoms. The molecule has 2 unspecified atom stereocenters. The van der Waals surface area contributed by atoms with Crippen LogP contribution < -0.4 is 11.1 Å². The number of carbonyl (C=O) groups excluding carboxylic acids is 1. The Labute approximate surface area is 87.9 Å². The SMILES string of the molecule is CS(=O)CCNC(=O)C(C)(N)C(F)(F)F. The minimum Gasteiger partial charge on any atom is -0.353 e. The minimum absolute atomic E-state index is 0.0924. The third-order valence-corrected chi connectivity index (χ3v) is 2.51. The fraction of sp³-hybridized carbons (Fsp3) is 0.857. The summed E-state index contributed by atoms with van der Waals surface area (Å²) in [6, 6.07) is 0. The molecule has 0 aromatic carbocycles. The predicted molar refractivity (Wildman–Crippen MR) is 50.6 cm³/mol. The van der Waals surface area contributed by atoms with Crippen molar-refractivity contribution in [2.24, 2.45) is 5.73 Å². The Bertz CT molecular complexity index is 265. The normalized spacial score (nSPS) is 18.0. The predicted octanol–water partition coefficient (Wildman–Crippen LogP) is -0.239. The van der Waals surface area contributed by atoms with Gasteiger partial charge in [-0.15, -0.1) is 0 Å². The van der Waals surface area contributed by atoms with Crippen molar-refractivity contribution in [1.82, 2.24) is 5.32 Å². The van der Waals surface area contributed by atoms with E-state index in [1.165, 1.54) is 6.26 Å². The molecule has 0 radical (unpaired) electrons. The van der Waals surface area contributed by atoms with Crippen molar-refractivity contribution in [2.45, 2.75) is 18.6 Å². The Hall–Kier alpha value is -0.630. The number of nitrogens with two attached hydrogens (primary N) is 1. The summed E-state index contributed by atoms with van der Waals surface area (Å²) in [6.07, 6.45) is -3.42. The molecule has 1 amide bonds. The first kappa shape index (κ1) is 14.4. The van der Waals surface area contributed by atoms with Crippen LogP contribution in [0.3, 0.4) is 0 Å². The maximum absolute atomic E-state index is 12.2. The smallest absolute Gasteiger partial charge is 0.353 e. The van der Waals surface area contributed by atoms with Crippen molar-refractivity contribution in [1.29, 1.82) is 0 Å². The van der Waals surface area contributed by atoms with Gasteiger partial charge in [-0.1, -0.05) is 0 Å². The molecule has 4 nitrogen and oxygen atoms in total. The van der Waals surface area contributed by atoms with E-state index in [-0.39, 0.29) is 12.3 Å². The van der Waals surface area contributed by atoms with Gasteiger partial charge in [-0.2, -0.15) is 13.2 Å². The molecule has 8 heteroatoms. The van der Waals surface area contributed by atoms with Gasteiger partial charge in [0.05, 0.1) is 0 Å². The molecule has 0 aromatic rings. The van der Waals surface area contributed by atoms with Gasteiger partial charge in [0.15, 0.2) is 5.54 Å². The Morgan fingerprint density at radius 3 is 2.27 bits per heavy atom. The summed E-state index contributed by atoms with van der Waals surface area (Å²) < 4.78 is 47.2. The highest BCUT2D eigenvalue weighted by molar-refractivity contribution is 7.84. The van der Waals surface area contributed by atoms with Gasteiger partial charge in [0, 0.05) is 29.4 Å². The van der Waals surface area contributed by atoms with Crippen LogP contribution >= 0.6 is 0 Å². The fourth-order valence-electron chi connectivity index (χ4n) is 0.621. The first-order chi connectivity index (χ1) is 6.59. The van der Waals surface area contributed by atoms with E-state index in [4.69, 9.17) is 5.73 Å². The van der Waals surface area contributed by atoms with Gasteiger partial charge in [0.1, 0.15) is 0 Å². The third kappa shape index (κ3) is 4.17. The van der Waals surface area contributed by atoms with Crippen molar-refractivity contribution in [3.05, 3.63) is 0 Å². The summed E-state index contributed by atoms with van der Waals surface area (Å²) in [4.78, 5) is 11.0. The molecule has 0 saturated carbocycles. The van der Waals surface area contributed by atoms with Crippen molar-refractivity contribution in [3.63, 3.8) is 0 Å². The van der Waals surface area contributed by atoms with Gasteiger partial charge in [0.25, 0.3) is 0 Å². The molecule has 0 saturated heterocycles. The summed E-state index contributed by atoms with van der Waals surface area (Å²) in [7, 11) is -1.17. The van der Waals surface area contributed by atoms with Gasteiger partial charge in [-0.05, 0) is 6.92 Å². The van der Waals surface area contributed by atoms with Crippen LogP contribution in [0.15, 0.2) is 0 Å². The summed E-state index contributed by atoms with van der Waals surface area (Å²) in [5.74, 6) is -1.22. The lowest BCUT2D eigenvalue weighted by molar-refractivity contribution is -0.187. The van der Waals surface area contributed by atoms with Crippen LogP contribution in [0.5, 0.6) is 0 Å². The van der Waals surface area contributed by atoms with E-state index < -0.39 is 28.4 Å². The first-order valence-electron chi connectivity index (χ1n) is 4.03. The monoisotopic (exact) mass is 246 g/mol. The highest BCUT2D eigenvalue weighted by Crippen LogP contribution is 2.27. The number of nitrogens with one attached hydrogen (secondary N) is 1. The average Bonchev–Trinajstić information content (AvgIpc) is 2.01. The van der Waals surface area contributed by atoms with Crippen molar-refractivity contribution in [2.75, 3.05) is 18.6 Å². The molecule has 15 heavy (non-hydrogen) atoms. The Balaban J connectivity index is 4.27. The van der Waals surface area contributed by atoms with Crippen molar-refractivity contribution in [3.8, 4) is 0 Å². The van der Waals surface area contributed by atoms with Crippen molar-refractivity contribution >= 4 is 16.7 Å². The zero-order valence-electron chi connectivity index (χ0n) is 8.35. The summed E-state index contributed by atoms with van der Waals surface area (Å²) >= 11 is 0. The molecule has 0 rings (SSSR count). The van der Waals surface area contributed by atoms with Crippen LogP contribution in [-0.4, -0.2) is 40.4 Å². The standard InChI is InChI=1S/C7H13F3N2O2S/c1-6(11,7(8,9)10)5(13)12-3-4-15(2)14/h3-4,11H2,1-2H3,(H,12,13). The second kappa shape index (κ2) is 4.93. The zero-order chi connectivity index (χ0) is 12.3. The minimum atomic E-state index is -4.80. The molecule has 90 valence electrons. The van der Waals surface area contributed by atoms with E-state index in [1.807, 2.05) is 5.32 Å². The lowest BCUT2D eigenvalue weighted by Crippen LogP contribution is -2.61. The summed E-state index contributed by atoms with van der Waals surface area (Å²) in [5, 5.41) is 1.98. The first-order valence-corrected chi connectivity index (χ1v) is 5.75. The van der Waals surface area contributed by atoms with Crippen LogP contribution in [0, 0.1) is 0 Å². The number of hydrogen-bond acceptors (Lipinski definition) is 3. The molecule has 0 fully saturated rings. The maximum atomic E-state index is 12.2. The zero-order valence-corrected chi connectivity index (χ0v) is 9.17. The van der Waals surface area contributed by atoms with E-state index in [2.05, 4.69) is 0 Å². The van der Waals surface area contributed by atoms with E-state index in [9.17, 15) is 22.2 Å². The van der Waals surface area contributed by atoms with E-state index >= 15 is 0 Å². The number of carbonyl (C=O) groups is 1. The number of alkyl halides is 3. The molecule has 3 N–H and O–H groups in total. The number of halogens is 3. The summed E-state index contributed by atoms with van der Waals surface area (Å²) in [5.41, 5.74) is 1.93. The topological polar surface area (TPSA) is 72.2 Å². The fourth-order valence-corrected chi connectivity index (χ4v) is 1.01. The molecule has 0 heterocycles. The molecule has 0 aliphatic heterocycles. The number of amides is 1. The highest BCUT2D eigenvalue weighted by Gasteiger charge is 2.53. The molecule has 0 aliphatic rings. The van der Waals surface area contributed by atoms with E-state index in [1.54, 1.807) is 0 Å². The van der Waals surface area contributed by atoms with Crippen molar-refractivity contribution < 1.29 is 22.2 Å². The number of rotatable bonds is 4. The lowest BCUT2D eigenvalue weighted by atomic mass is 10.0. The largest absolute Gasteiger partial charge is 0.415 e. The molecule has 0 aromatic heterocycles. The average molecular weight is 246 g/mol. The van der Waals surface area contributed by atoms with Gasteiger partial charge in [-0.3, -0.25) is 9.00 Å². The number of hydrogen-bond donors (Lipinski definition) is 2. The molecular formula is C7H13F3N2O2S. The third-order valence-electron chi connectivity index (χ3n) is 1.74. The van der Waals surface area contributed by atoms with E-state index in [0.29, 0.717) is 6.92 Å². The van der Waals surface area contributed by atoms with Crippen LogP contribution in [-0.2, 0) is 15.6 Å². The van der Waals surface area contributed by atoms with E-state index in [0.717, 1.165) is 0 Å². The van der Waals surface area contributed by atoms with Gasteiger partial charge >= 0.3 is 6.18 Å². The Morgan fingerprint density at radius 1 is 1.47 bits per heavy atom. The second-order valence-corrected chi connectivity index (χ2v) is 4.79. The highest BCUT2D eigenvalue weighted by atomic mass is 32.2. The lowest BCUT2D eigenvalue weighted by Gasteiger charge is -2.25. The quantitative estimate of drug-likeness (QED) is 0.719. The van der Waals surface area contributed by atoms with Gasteiger partial charge < -0.3 is 11.1 Å². The molecular weight excluding hydrogens is 233 g/mol. The van der Waals surface area contributed by atoms with Crippen LogP contribution in [0.2, 0.25) is 0 Å². The van der Waals surface area contributed by atoms with Crippen LogP contribution in [0.25, 0.3) is 0 Å². The van der Waals surface area contributed by atoms with Gasteiger partial charge in [0.2, 0.25) is 5.91 Å².